The molecule has 31 heavy (non-hydrogen) atoms. The Hall–Kier alpha value is -3.72. The molecular weight excluding hydrogens is 418 g/mol. The quantitative estimate of drug-likeness (QED) is 0.431. The Morgan fingerprint density at radius 3 is 2.06 bits per heavy atom. The molecule has 0 spiro atoms. The molecule has 3 aromatic carbocycles. The number of carbonyl (C=O) groups excluding carboxylic acids is 1. The molecule has 2 N–H and O–H groups in total. The number of nitro benzene ring substituents is 1. The van der Waals surface area contributed by atoms with Crippen LogP contribution < -0.4 is 10.0 Å². The number of rotatable bonds is 6. The minimum absolute atomic E-state index is 0.221. The second-order valence-electron chi connectivity index (χ2n) is 7.22. The van der Waals surface area contributed by atoms with E-state index in [9.17, 15) is 23.3 Å². The molecule has 0 aliphatic rings. The van der Waals surface area contributed by atoms with Crippen LogP contribution in [0.15, 0.2) is 65.6 Å². The lowest BCUT2D eigenvalue weighted by Crippen LogP contribution is -2.14. The van der Waals surface area contributed by atoms with Gasteiger partial charge in [-0.05, 0) is 74.4 Å². The first-order chi connectivity index (χ1) is 14.5. The Labute approximate surface area is 180 Å². The van der Waals surface area contributed by atoms with Gasteiger partial charge in [0.05, 0.1) is 9.82 Å². The molecule has 3 rings (SSSR count). The minimum atomic E-state index is -4.03. The van der Waals surface area contributed by atoms with Crippen LogP contribution in [0.25, 0.3) is 0 Å². The minimum Gasteiger partial charge on any atom is -0.322 e. The van der Waals surface area contributed by atoms with Crippen molar-refractivity contribution in [3.63, 3.8) is 0 Å². The van der Waals surface area contributed by atoms with E-state index in [1.165, 1.54) is 43.3 Å². The average molecular weight is 439 g/mol. The summed E-state index contributed by atoms with van der Waals surface area (Å²) in [6.07, 6.45) is 0. The van der Waals surface area contributed by atoms with Gasteiger partial charge in [-0.3, -0.25) is 19.6 Å². The van der Waals surface area contributed by atoms with E-state index >= 15 is 0 Å². The molecule has 0 bridgehead atoms. The van der Waals surface area contributed by atoms with E-state index in [0.29, 0.717) is 16.8 Å². The van der Waals surface area contributed by atoms with Gasteiger partial charge >= 0.3 is 0 Å². The van der Waals surface area contributed by atoms with Crippen LogP contribution in [0.5, 0.6) is 0 Å². The first kappa shape index (κ1) is 22.0. The van der Waals surface area contributed by atoms with E-state index in [-0.39, 0.29) is 22.2 Å². The highest BCUT2D eigenvalue weighted by atomic mass is 32.2. The fourth-order valence-corrected chi connectivity index (χ4v) is 4.19. The number of nitrogens with one attached hydrogen (secondary N) is 2. The summed E-state index contributed by atoms with van der Waals surface area (Å²) in [6.45, 7) is 5.41. The molecule has 9 heteroatoms. The molecule has 1 amide bonds. The van der Waals surface area contributed by atoms with Crippen molar-refractivity contribution >= 4 is 33.0 Å². The lowest BCUT2D eigenvalue weighted by molar-refractivity contribution is -0.385. The van der Waals surface area contributed by atoms with E-state index in [0.717, 1.165) is 17.2 Å². The molecule has 0 saturated heterocycles. The molecule has 0 unspecified atom stereocenters. The van der Waals surface area contributed by atoms with E-state index in [4.69, 9.17) is 0 Å². The van der Waals surface area contributed by atoms with Crippen molar-refractivity contribution in [2.75, 3.05) is 10.0 Å². The third-order valence-corrected chi connectivity index (χ3v) is 5.95. The predicted octanol–water partition coefficient (Wildman–Crippen LogP) is 4.57. The van der Waals surface area contributed by atoms with Gasteiger partial charge in [0.15, 0.2) is 0 Å². The maximum atomic E-state index is 12.6. The first-order valence-corrected chi connectivity index (χ1v) is 10.8. The molecule has 160 valence electrons. The van der Waals surface area contributed by atoms with Crippen LogP contribution >= 0.6 is 0 Å². The first-order valence-electron chi connectivity index (χ1n) is 9.33. The zero-order valence-corrected chi connectivity index (χ0v) is 18.0. The highest BCUT2D eigenvalue weighted by Crippen LogP contribution is 2.24. The second-order valence-corrected chi connectivity index (χ2v) is 8.90. The lowest BCUT2D eigenvalue weighted by Gasteiger charge is -2.10. The summed E-state index contributed by atoms with van der Waals surface area (Å²) in [4.78, 5) is 22.7. The highest BCUT2D eigenvalue weighted by Gasteiger charge is 2.20. The Bertz CT molecular complexity index is 1250. The van der Waals surface area contributed by atoms with Gasteiger partial charge in [0.25, 0.3) is 21.6 Å². The zero-order valence-electron chi connectivity index (χ0n) is 17.2. The summed E-state index contributed by atoms with van der Waals surface area (Å²) in [7, 11) is -4.03. The smallest absolute Gasteiger partial charge is 0.273 e. The third-order valence-electron chi connectivity index (χ3n) is 4.57. The molecule has 0 aliphatic heterocycles. The summed E-state index contributed by atoms with van der Waals surface area (Å²) in [5, 5.41) is 13.9. The van der Waals surface area contributed by atoms with Gasteiger partial charge in [0.1, 0.15) is 0 Å². The summed E-state index contributed by atoms with van der Waals surface area (Å²) in [6, 6.07) is 15.3. The van der Waals surface area contributed by atoms with Crippen LogP contribution in [0.2, 0.25) is 0 Å². The molecular formula is C22H21N3O5S. The van der Waals surface area contributed by atoms with Crippen molar-refractivity contribution in [3.8, 4) is 0 Å². The van der Waals surface area contributed by atoms with Crippen LogP contribution in [0, 0.1) is 30.9 Å². The molecule has 0 fully saturated rings. The zero-order chi connectivity index (χ0) is 22.8. The molecule has 8 nitrogen and oxygen atoms in total. The highest BCUT2D eigenvalue weighted by molar-refractivity contribution is 7.92. The van der Waals surface area contributed by atoms with Crippen LogP contribution in [-0.2, 0) is 10.0 Å². The van der Waals surface area contributed by atoms with Gasteiger partial charge < -0.3 is 5.32 Å². The Morgan fingerprint density at radius 1 is 0.871 bits per heavy atom. The van der Waals surface area contributed by atoms with Crippen molar-refractivity contribution in [3.05, 3.63) is 93.0 Å². The lowest BCUT2D eigenvalue weighted by atomic mass is 10.1. The van der Waals surface area contributed by atoms with Crippen LogP contribution in [0.3, 0.4) is 0 Å². The monoisotopic (exact) mass is 439 g/mol. The van der Waals surface area contributed by atoms with Crippen molar-refractivity contribution in [1.29, 1.82) is 0 Å². The van der Waals surface area contributed by atoms with Crippen molar-refractivity contribution in [1.82, 2.24) is 0 Å². The number of nitro groups is 1. The fourth-order valence-electron chi connectivity index (χ4n) is 3.11. The van der Waals surface area contributed by atoms with Crippen LogP contribution in [-0.4, -0.2) is 19.2 Å². The number of nitrogens with zero attached hydrogens (tertiary/aromatic N) is 1. The van der Waals surface area contributed by atoms with Gasteiger partial charge in [0, 0.05) is 28.6 Å². The number of amides is 1. The largest absolute Gasteiger partial charge is 0.322 e. The van der Waals surface area contributed by atoms with E-state index < -0.39 is 14.9 Å². The number of sulfonamides is 1. The van der Waals surface area contributed by atoms with Gasteiger partial charge in [-0.15, -0.1) is 0 Å². The summed E-state index contributed by atoms with van der Waals surface area (Å²) < 4.78 is 27.6. The number of hydrogen-bond acceptors (Lipinski definition) is 5. The van der Waals surface area contributed by atoms with E-state index in [1.807, 2.05) is 32.0 Å². The summed E-state index contributed by atoms with van der Waals surface area (Å²) in [5.74, 6) is -0.325. The SMILES string of the molecule is Cc1cc(C)cc(NC(=O)c2ccc(NS(=O)(=O)c3ccc(C)c([N+](=O)[O-])c3)cc2)c1. The molecule has 0 aliphatic carbocycles. The number of hydrogen-bond donors (Lipinski definition) is 2. The second kappa shape index (κ2) is 8.57. The number of aryl methyl sites for hydroxylation is 3. The Kier molecular flexibility index (Phi) is 6.07. The normalized spacial score (nSPS) is 11.1. The summed E-state index contributed by atoms with van der Waals surface area (Å²) in [5.41, 5.74) is 3.39. The van der Waals surface area contributed by atoms with Crippen molar-refractivity contribution in [2.45, 2.75) is 25.7 Å². The molecule has 0 aromatic heterocycles. The Morgan fingerprint density at radius 2 is 1.48 bits per heavy atom. The average Bonchev–Trinajstić information content (AvgIpc) is 2.67. The Balaban J connectivity index is 1.76. The maximum absolute atomic E-state index is 12.6. The van der Waals surface area contributed by atoms with Crippen LogP contribution in [0.4, 0.5) is 17.1 Å². The fraction of sp³-hybridized carbons (Fsp3) is 0.136. The molecule has 0 saturated carbocycles. The van der Waals surface area contributed by atoms with Gasteiger partial charge in [-0.1, -0.05) is 12.1 Å². The van der Waals surface area contributed by atoms with Gasteiger partial charge in [-0.2, -0.15) is 0 Å². The van der Waals surface area contributed by atoms with E-state index in [2.05, 4.69) is 10.0 Å². The number of anilines is 2. The van der Waals surface area contributed by atoms with Gasteiger partial charge in [-0.25, -0.2) is 8.42 Å². The standard InChI is InChI=1S/C22H21N3O5S/c1-14-10-15(2)12-19(11-14)23-22(26)17-5-7-18(8-6-17)24-31(29,30)20-9-4-16(3)21(13-20)25(27)28/h4-13,24H,1-3H3,(H,23,26). The summed E-state index contributed by atoms with van der Waals surface area (Å²) >= 11 is 0. The molecule has 0 radical (unpaired) electrons. The molecule has 3 aromatic rings. The van der Waals surface area contributed by atoms with Crippen molar-refractivity contribution in [2.24, 2.45) is 0 Å². The van der Waals surface area contributed by atoms with Gasteiger partial charge in [0.2, 0.25) is 0 Å². The predicted molar refractivity (Wildman–Crippen MR) is 119 cm³/mol. The number of carbonyl (C=O) groups is 1. The van der Waals surface area contributed by atoms with Crippen molar-refractivity contribution < 1.29 is 18.1 Å². The van der Waals surface area contributed by atoms with E-state index in [1.54, 1.807) is 0 Å². The number of benzene rings is 3. The third kappa shape index (κ3) is 5.26. The molecule has 0 atom stereocenters. The molecule has 0 heterocycles. The van der Waals surface area contributed by atoms with Crippen LogP contribution in [0.1, 0.15) is 27.0 Å². The topological polar surface area (TPSA) is 118 Å². The maximum Gasteiger partial charge on any atom is 0.273 e.